The minimum atomic E-state index is 0.750. The van der Waals surface area contributed by atoms with Gasteiger partial charge in [0.25, 0.3) is 0 Å². The van der Waals surface area contributed by atoms with Gasteiger partial charge in [0.2, 0.25) is 0 Å². The molecule has 1 N–H and O–H groups in total. The van der Waals surface area contributed by atoms with Crippen LogP contribution in [0.3, 0.4) is 0 Å². The number of aryl methyl sites for hydroxylation is 1. The van der Waals surface area contributed by atoms with E-state index in [1.807, 2.05) is 6.20 Å². The summed E-state index contributed by atoms with van der Waals surface area (Å²) >= 11 is 3.49. The zero-order valence-electron chi connectivity index (χ0n) is 10.5. The van der Waals surface area contributed by atoms with Crippen LogP contribution in [0.2, 0.25) is 0 Å². The smallest absolute Gasteiger partial charge is 0.128 e. The van der Waals surface area contributed by atoms with Gasteiger partial charge in [-0.3, -0.25) is 0 Å². The highest BCUT2D eigenvalue weighted by Crippen LogP contribution is 2.21. The molecule has 2 heterocycles. The number of pyridine rings is 1. The fourth-order valence-corrected chi connectivity index (χ4v) is 2.51. The SMILES string of the molecule is Cc1cc(N(C)CC2CCCNC2)ncc1Br. The van der Waals surface area contributed by atoms with Crippen LogP contribution in [-0.4, -0.2) is 31.7 Å². The third-order valence-corrected chi connectivity index (χ3v) is 4.18. The van der Waals surface area contributed by atoms with Gasteiger partial charge in [0.15, 0.2) is 0 Å². The van der Waals surface area contributed by atoms with E-state index in [9.17, 15) is 0 Å². The van der Waals surface area contributed by atoms with Gasteiger partial charge in [0.05, 0.1) is 0 Å². The van der Waals surface area contributed by atoms with Crippen molar-refractivity contribution in [3.8, 4) is 0 Å². The van der Waals surface area contributed by atoms with Crippen molar-refractivity contribution in [1.29, 1.82) is 0 Å². The molecule has 1 atom stereocenters. The fourth-order valence-electron chi connectivity index (χ4n) is 2.29. The molecule has 2 rings (SSSR count). The topological polar surface area (TPSA) is 28.2 Å². The second-order valence-corrected chi connectivity index (χ2v) is 5.74. The molecular formula is C13H20BrN3. The van der Waals surface area contributed by atoms with E-state index in [0.717, 1.165) is 29.3 Å². The lowest BCUT2D eigenvalue weighted by Gasteiger charge is -2.28. The third-order valence-electron chi connectivity index (χ3n) is 3.35. The number of hydrogen-bond acceptors (Lipinski definition) is 3. The van der Waals surface area contributed by atoms with E-state index in [4.69, 9.17) is 0 Å². The number of piperidine rings is 1. The highest BCUT2D eigenvalue weighted by atomic mass is 79.9. The quantitative estimate of drug-likeness (QED) is 0.929. The molecule has 1 fully saturated rings. The van der Waals surface area contributed by atoms with Crippen molar-refractivity contribution < 1.29 is 0 Å². The van der Waals surface area contributed by atoms with Crippen LogP contribution < -0.4 is 10.2 Å². The van der Waals surface area contributed by atoms with Crippen molar-refractivity contribution in [3.05, 3.63) is 22.3 Å². The molecule has 3 nitrogen and oxygen atoms in total. The normalized spacial score (nSPS) is 20.3. The summed E-state index contributed by atoms with van der Waals surface area (Å²) < 4.78 is 1.08. The van der Waals surface area contributed by atoms with E-state index < -0.39 is 0 Å². The van der Waals surface area contributed by atoms with E-state index in [1.54, 1.807) is 0 Å². The van der Waals surface area contributed by atoms with Crippen LogP contribution >= 0.6 is 15.9 Å². The molecule has 0 radical (unpaired) electrons. The maximum Gasteiger partial charge on any atom is 0.128 e. The Bertz CT molecular complexity index is 375. The Balaban J connectivity index is 1.98. The number of rotatable bonds is 3. The van der Waals surface area contributed by atoms with Crippen molar-refractivity contribution >= 4 is 21.7 Å². The molecule has 0 aliphatic carbocycles. The van der Waals surface area contributed by atoms with Crippen molar-refractivity contribution in [2.24, 2.45) is 5.92 Å². The Morgan fingerprint density at radius 1 is 1.59 bits per heavy atom. The first-order chi connectivity index (χ1) is 8.16. The number of aromatic nitrogens is 1. The number of nitrogens with zero attached hydrogens (tertiary/aromatic N) is 2. The Hall–Kier alpha value is -0.610. The van der Waals surface area contributed by atoms with E-state index in [-0.39, 0.29) is 0 Å². The van der Waals surface area contributed by atoms with E-state index in [0.29, 0.717) is 0 Å². The zero-order chi connectivity index (χ0) is 12.3. The van der Waals surface area contributed by atoms with Crippen LogP contribution in [0.25, 0.3) is 0 Å². The van der Waals surface area contributed by atoms with Gasteiger partial charge in [-0.05, 0) is 66.3 Å². The summed E-state index contributed by atoms with van der Waals surface area (Å²) in [4.78, 5) is 6.72. The molecule has 1 aromatic rings. The van der Waals surface area contributed by atoms with Gasteiger partial charge in [0.1, 0.15) is 5.82 Å². The molecular weight excluding hydrogens is 278 g/mol. The Morgan fingerprint density at radius 2 is 2.41 bits per heavy atom. The van der Waals surface area contributed by atoms with Crippen molar-refractivity contribution in [2.45, 2.75) is 19.8 Å². The van der Waals surface area contributed by atoms with Gasteiger partial charge in [-0.2, -0.15) is 0 Å². The van der Waals surface area contributed by atoms with Crippen LogP contribution in [0.4, 0.5) is 5.82 Å². The average Bonchev–Trinajstić information content (AvgIpc) is 2.34. The maximum atomic E-state index is 4.46. The first-order valence-corrected chi connectivity index (χ1v) is 7.00. The lowest BCUT2D eigenvalue weighted by molar-refractivity contribution is 0.380. The van der Waals surface area contributed by atoms with Crippen LogP contribution in [0, 0.1) is 12.8 Å². The van der Waals surface area contributed by atoms with Gasteiger partial charge in [0, 0.05) is 24.3 Å². The second kappa shape index (κ2) is 5.83. The fraction of sp³-hybridized carbons (Fsp3) is 0.615. The lowest BCUT2D eigenvalue weighted by atomic mass is 9.99. The van der Waals surface area contributed by atoms with Gasteiger partial charge < -0.3 is 10.2 Å². The summed E-state index contributed by atoms with van der Waals surface area (Å²) in [5.41, 5.74) is 1.24. The maximum absolute atomic E-state index is 4.46. The van der Waals surface area contributed by atoms with Gasteiger partial charge in [-0.1, -0.05) is 0 Å². The Kier molecular flexibility index (Phi) is 4.40. The largest absolute Gasteiger partial charge is 0.359 e. The van der Waals surface area contributed by atoms with Crippen LogP contribution in [0.1, 0.15) is 18.4 Å². The van der Waals surface area contributed by atoms with Gasteiger partial charge >= 0.3 is 0 Å². The van der Waals surface area contributed by atoms with E-state index >= 15 is 0 Å². The standard InChI is InChI=1S/C13H20BrN3/c1-10-6-13(16-8-12(10)14)17(2)9-11-4-3-5-15-7-11/h6,8,11,15H,3-5,7,9H2,1-2H3. The van der Waals surface area contributed by atoms with Crippen molar-refractivity contribution in [1.82, 2.24) is 10.3 Å². The molecule has 4 heteroatoms. The Labute approximate surface area is 112 Å². The highest BCUT2D eigenvalue weighted by molar-refractivity contribution is 9.10. The molecule has 1 aromatic heterocycles. The van der Waals surface area contributed by atoms with Gasteiger partial charge in [-0.25, -0.2) is 4.98 Å². The molecule has 17 heavy (non-hydrogen) atoms. The molecule has 1 unspecified atom stereocenters. The molecule has 1 aliphatic rings. The number of nitrogens with one attached hydrogen (secondary N) is 1. The average molecular weight is 298 g/mol. The van der Waals surface area contributed by atoms with Crippen molar-refractivity contribution in [2.75, 3.05) is 31.6 Å². The van der Waals surface area contributed by atoms with Crippen molar-refractivity contribution in [3.63, 3.8) is 0 Å². The monoisotopic (exact) mass is 297 g/mol. The molecule has 0 amide bonds. The third kappa shape index (κ3) is 3.42. The molecule has 1 aliphatic heterocycles. The first kappa shape index (κ1) is 12.8. The summed E-state index contributed by atoms with van der Waals surface area (Å²) in [6.45, 7) is 5.50. The minimum Gasteiger partial charge on any atom is -0.359 e. The van der Waals surface area contributed by atoms with E-state index in [1.165, 1.54) is 24.9 Å². The molecule has 0 saturated carbocycles. The number of anilines is 1. The predicted molar refractivity (Wildman–Crippen MR) is 75.5 cm³/mol. The predicted octanol–water partition coefficient (Wildman–Crippen LogP) is 2.59. The number of hydrogen-bond donors (Lipinski definition) is 1. The first-order valence-electron chi connectivity index (χ1n) is 6.21. The Morgan fingerprint density at radius 3 is 3.06 bits per heavy atom. The molecule has 0 bridgehead atoms. The van der Waals surface area contributed by atoms with Crippen LogP contribution in [-0.2, 0) is 0 Å². The van der Waals surface area contributed by atoms with Crippen LogP contribution in [0.15, 0.2) is 16.7 Å². The molecule has 0 spiro atoms. The lowest BCUT2D eigenvalue weighted by Crippen LogP contribution is -2.37. The summed E-state index contributed by atoms with van der Waals surface area (Å²) in [6, 6.07) is 2.14. The zero-order valence-corrected chi connectivity index (χ0v) is 12.1. The van der Waals surface area contributed by atoms with E-state index in [2.05, 4.69) is 51.2 Å². The summed E-state index contributed by atoms with van der Waals surface area (Å²) in [5.74, 6) is 1.82. The molecule has 0 aromatic carbocycles. The second-order valence-electron chi connectivity index (χ2n) is 4.88. The molecule has 1 saturated heterocycles. The minimum absolute atomic E-state index is 0.750. The summed E-state index contributed by atoms with van der Waals surface area (Å²) in [7, 11) is 2.13. The highest BCUT2D eigenvalue weighted by Gasteiger charge is 2.15. The summed E-state index contributed by atoms with van der Waals surface area (Å²) in [5, 5.41) is 3.46. The van der Waals surface area contributed by atoms with Crippen LogP contribution in [0.5, 0.6) is 0 Å². The molecule has 94 valence electrons. The van der Waals surface area contributed by atoms with Gasteiger partial charge in [-0.15, -0.1) is 0 Å². The summed E-state index contributed by atoms with van der Waals surface area (Å²) in [6.07, 6.45) is 4.51. The number of halogens is 1.